The number of ketones is 1. The molecule has 4 aliphatic rings. The van der Waals surface area contributed by atoms with Gasteiger partial charge in [0.25, 0.3) is 0 Å². The zero-order chi connectivity index (χ0) is 27.8. The first-order chi connectivity index (χ1) is 20.8. The molecule has 0 spiro atoms. The van der Waals surface area contributed by atoms with Crippen LogP contribution in [-0.4, -0.2) is 17.5 Å². The molecule has 5 aromatic rings. The number of hydrogen-bond acceptors (Lipinski definition) is 3. The predicted molar refractivity (Wildman–Crippen MR) is 170 cm³/mol. The van der Waals surface area contributed by atoms with Gasteiger partial charge in [0.15, 0.2) is 5.78 Å². The van der Waals surface area contributed by atoms with Crippen molar-refractivity contribution >= 4 is 28.6 Å². The van der Waals surface area contributed by atoms with Gasteiger partial charge in [-0.05, 0) is 63.7 Å². The number of allylic oxidation sites excluding steroid dienone is 2. The van der Waals surface area contributed by atoms with Crippen molar-refractivity contribution in [3.8, 4) is 22.3 Å². The summed E-state index contributed by atoms with van der Waals surface area (Å²) in [5.41, 5.74) is 12.8. The van der Waals surface area contributed by atoms with Gasteiger partial charge >= 0.3 is 0 Å². The quantitative estimate of drug-likeness (QED) is 0.229. The van der Waals surface area contributed by atoms with Crippen molar-refractivity contribution in [3.05, 3.63) is 162 Å². The molecule has 0 saturated carbocycles. The minimum atomic E-state index is -0.397. The number of para-hydroxylation sites is 1. The zero-order valence-electron chi connectivity index (χ0n) is 22.8. The molecule has 3 atom stereocenters. The first-order valence-corrected chi connectivity index (χ1v) is 14.6. The minimum Gasteiger partial charge on any atom is -0.333 e. The summed E-state index contributed by atoms with van der Waals surface area (Å²) in [5.74, 6) is 0.00245. The predicted octanol–water partition coefficient (Wildman–Crippen LogP) is 9.16. The largest absolute Gasteiger partial charge is 0.333 e. The van der Waals surface area contributed by atoms with Crippen molar-refractivity contribution in [2.75, 3.05) is 4.90 Å². The molecule has 2 aliphatic carbocycles. The van der Waals surface area contributed by atoms with Crippen LogP contribution >= 0.6 is 0 Å². The topological polar surface area (TPSA) is 32.7 Å². The number of anilines is 2. The van der Waals surface area contributed by atoms with E-state index in [-0.39, 0.29) is 17.7 Å². The van der Waals surface area contributed by atoms with Gasteiger partial charge < -0.3 is 4.90 Å². The van der Waals surface area contributed by atoms with E-state index in [1.807, 2.05) is 36.4 Å². The molecule has 0 N–H and O–H groups in total. The third-order valence-electron chi connectivity index (χ3n) is 9.21. The standard InChI is InChI=1S/C39H26N2O/c42-39-30-17-8-7-16-29(30)35-27(20-21-32-36(35)37(39)38(40-32)24-11-3-1-4-12-24)25-19-22-34-31(23-25)28-15-9-10-18-33(28)41(34)26-13-5-2-6-14-26/h1-23,28,33,37H. The number of carbonyl (C=O) groups excluding carboxylic acids is 1. The molecule has 0 radical (unpaired) electrons. The second-order valence-electron chi connectivity index (χ2n) is 11.4. The Labute approximate surface area is 244 Å². The van der Waals surface area contributed by atoms with Gasteiger partial charge in [0.05, 0.1) is 23.4 Å². The maximum atomic E-state index is 14.1. The summed E-state index contributed by atoms with van der Waals surface area (Å²) >= 11 is 0. The molecule has 0 fully saturated rings. The number of carbonyl (C=O) groups is 1. The fraction of sp³-hybridized carbons (Fsp3) is 0.0769. The summed E-state index contributed by atoms with van der Waals surface area (Å²) in [6.45, 7) is 0. The first kappa shape index (κ1) is 23.4. The van der Waals surface area contributed by atoms with Crippen molar-refractivity contribution in [1.29, 1.82) is 0 Å². The summed E-state index contributed by atoms with van der Waals surface area (Å²) in [6.07, 6.45) is 8.96. The van der Waals surface area contributed by atoms with Gasteiger partial charge in [0, 0.05) is 28.4 Å². The number of hydrogen-bond donors (Lipinski definition) is 0. The second-order valence-corrected chi connectivity index (χ2v) is 11.4. The lowest BCUT2D eigenvalue weighted by Crippen LogP contribution is -2.28. The molecule has 5 aromatic carbocycles. The molecule has 0 amide bonds. The Kier molecular flexibility index (Phi) is 4.94. The normalized spacial score (nSPS) is 20.6. The van der Waals surface area contributed by atoms with Crippen LogP contribution in [0, 0.1) is 0 Å². The van der Waals surface area contributed by atoms with Crippen LogP contribution in [-0.2, 0) is 0 Å². The molecule has 3 unspecified atom stereocenters. The maximum absolute atomic E-state index is 14.1. The Hall–Kier alpha value is -5.28. The van der Waals surface area contributed by atoms with Gasteiger partial charge in [-0.3, -0.25) is 9.79 Å². The minimum absolute atomic E-state index is 0.131. The number of aliphatic imine (C=N–C) groups is 1. The van der Waals surface area contributed by atoms with Gasteiger partial charge in [0.2, 0.25) is 0 Å². The maximum Gasteiger partial charge on any atom is 0.177 e. The van der Waals surface area contributed by atoms with E-state index in [0.29, 0.717) is 0 Å². The van der Waals surface area contributed by atoms with Gasteiger partial charge in [-0.25, -0.2) is 0 Å². The lowest BCUT2D eigenvalue weighted by atomic mass is 9.73. The van der Waals surface area contributed by atoms with Crippen LogP contribution in [0.5, 0.6) is 0 Å². The highest BCUT2D eigenvalue weighted by Crippen LogP contribution is 2.54. The Morgan fingerprint density at radius 2 is 1.38 bits per heavy atom. The Morgan fingerprint density at radius 1 is 0.643 bits per heavy atom. The highest BCUT2D eigenvalue weighted by atomic mass is 16.1. The van der Waals surface area contributed by atoms with Crippen molar-refractivity contribution < 1.29 is 4.79 Å². The lowest BCUT2D eigenvalue weighted by Gasteiger charge is -2.28. The first-order valence-electron chi connectivity index (χ1n) is 14.6. The van der Waals surface area contributed by atoms with Crippen LogP contribution in [0.25, 0.3) is 22.3 Å². The van der Waals surface area contributed by atoms with Crippen molar-refractivity contribution in [2.45, 2.75) is 17.9 Å². The molecule has 3 heteroatoms. The summed E-state index contributed by atoms with van der Waals surface area (Å²) in [5, 5.41) is 0. The van der Waals surface area contributed by atoms with E-state index in [1.54, 1.807) is 0 Å². The van der Waals surface area contributed by atoms with Crippen molar-refractivity contribution in [1.82, 2.24) is 0 Å². The average molecular weight is 539 g/mol. The number of rotatable bonds is 3. The van der Waals surface area contributed by atoms with Crippen molar-refractivity contribution in [3.63, 3.8) is 0 Å². The van der Waals surface area contributed by atoms with Crippen LogP contribution in [0.2, 0.25) is 0 Å². The van der Waals surface area contributed by atoms with Gasteiger partial charge in [-0.1, -0.05) is 109 Å². The number of nitrogens with zero attached hydrogens (tertiary/aromatic N) is 2. The third-order valence-corrected chi connectivity index (χ3v) is 9.21. The molecular weight excluding hydrogens is 512 g/mol. The van der Waals surface area contributed by atoms with E-state index < -0.39 is 5.92 Å². The van der Waals surface area contributed by atoms with E-state index in [2.05, 4.69) is 108 Å². The monoisotopic (exact) mass is 538 g/mol. The molecule has 42 heavy (non-hydrogen) atoms. The summed E-state index contributed by atoms with van der Waals surface area (Å²) in [4.78, 5) is 21.6. The second kappa shape index (κ2) is 8.86. The average Bonchev–Trinajstić information content (AvgIpc) is 3.61. The Bertz CT molecular complexity index is 2020. The molecule has 3 nitrogen and oxygen atoms in total. The van der Waals surface area contributed by atoms with Crippen LogP contribution < -0.4 is 4.90 Å². The fourth-order valence-corrected chi connectivity index (χ4v) is 7.43. The van der Waals surface area contributed by atoms with Gasteiger partial charge in [-0.2, -0.15) is 0 Å². The van der Waals surface area contributed by atoms with Crippen LogP contribution in [0.4, 0.5) is 17.1 Å². The number of Topliss-reactive ketones (excluding diaryl/α,β-unsaturated/α-hetero) is 1. The van der Waals surface area contributed by atoms with E-state index in [1.165, 1.54) is 22.5 Å². The van der Waals surface area contributed by atoms with E-state index >= 15 is 0 Å². The molecule has 0 saturated heterocycles. The molecule has 0 bridgehead atoms. The van der Waals surface area contributed by atoms with Crippen LogP contribution in [0.15, 0.2) is 145 Å². The Morgan fingerprint density at radius 3 is 2.21 bits per heavy atom. The van der Waals surface area contributed by atoms with Crippen LogP contribution in [0.1, 0.15) is 38.9 Å². The summed E-state index contributed by atoms with van der Waals surface area (Å²) < 4.78 is 0. The van der Waals surface area contributed by atoms with E-state index in [4.69, 9.17) is 4.99 Å². The Balaban J connectivity index is 1.24. The SMILES string of the molecule is O=C1c2ccccc2-c2c(-c3ccc4c(c3)C3C=CC=CC3N4c3ccccc3)ccc3c2C1C(c1ccccc1)=N3. The fourth-order valence-electron chi connectivity index (χ4n) is 7.43. The van der Waals surface area contributed by atoms with E-state index in [9.17, 15) is 4.79 Å². The molecular formula is C39H26N2O. The van der Waals surface area contributed by atoms with Crippen LogP contribution in [0.3, 0.4) is 0 Å². The molecule has 0 aromatic heterocycles. The third kappa shape index (κ3) is 3.22. The highest BCUT2D eigenvalue weighted by Gasteiger charge is 2.43. The molecule has 2 heterocycles. The lowest BCUT2D eigenvalue weighted by molar-refractivity contribution is 0.0982. The molecule has 9 rings (SSSR count). The zero-order valence-corrected chi connectivity index (χ0v) is 22.8. The van der Waals surface area contributed by atoms with Gasteiger partial charge in [0.1, 0.15) is 0 Å². The molecule has 2 aliphatic heterocycles. The number of benzene rings is 5. The number of fused-ring (bicyclic) bond motifs is 5. The van der Waals surface area contributed by atoms with E-state index in [0.717, 1.165) is 44.8 Å². The smallest absolute Gasteiger partial charge is 0.177 e. The summed E-state index contributed by atoms with van der Waals surface area (Å²) in [7, 11) is 0. The van der Waals surface area contributed by atoms with Crippen molar-refractivity contribution in [2.24, 2.45) is 4.99 Å². The molecule has 198 valence electrons. The van der Waals surface area contributed by atoms with Gasteiger partial charge in [-0.15, -0.1) is 0 Å². The highest BCUT2D eigenvalue weighted by molar-refractivity contribution is 6.30. The summed E-state index contributed by atoms with van der Waals surface area (Å²) in [6, 6.07) is 40.3.